The van der Waals surface area contributed by atoms with Crippen LogP contribution in [0.1, 0.15) is 30.8 Å². The molecule has 0 aliphatic carbocycles. The van der Waals surface area contributed by atoms with Crippen LogP contribution in [0.4, 0.5) is 0 Å². The molecule has 24 heavy (non-hydrogen) atoms. The third-order valence-electron chi connectivity index (χ3n) is 4.79. The molecule has 1 aliphatic rings. The summed E-state index contributed by atoms with van der Waals surface area (Å²) in [5, 5.41) is 11.1. The highest BCUT2D eigenvalue weighted by molar-refractivity contribution is 6.04. The van der Waals surface area contributed by atoms with Crippen LogP contribution < -0.4 is 5.32 Å². The number of hydrogen-bond acceptors (Lipinski definition) is 4. The summed E-state index contributed by atoms with van der Waals surface area (Å²) in [5.41, 5.74) is 1.09. The Morgan fingerprint density at radius 3 is 2.71 bits per heavy atom. The van der Waals surface area contributed by atoms with Gasteiger partial charge < -0.3 is 15.1 Å². The Hall–Kier alpha value is -1.92. The molecule has 1 amide bonds. The maximum absolute atomic E-state index is 12.6. The van der Waals surface area contributed by atoms with Gasteiger partial charge in [0.15, 0.2) is 5.69 Å². The molecule has 1 aromatic carbocycles. The van der Waals surface area contributed by atoms with E-state index in [4.69, 9.17) is 0 Å². The summed E-state index contributed by atoms with van der Waals surface area (Å²) >= 11 is 0. The van der Waals surface area contributed by atoms with Crippen molar-refractivity contribution in [1.82, 2.24) is 25.3 Å². The van der Waals surface area contributed by atoms with E-state index in [-0.39, 0.29) is 11.4 Å². The number of nitrogens with zero attached hydrogens (tertiary/aromatic N) is 3. The number of likely N-dealkylation sites (N-methyl/N-ethyl adjacent to an activating group) is 1. The van der Waals surface area contributed by atoms with E-state index in [1.54, 1.807) is 0 Å². The first-order valence-corrected chi connectivity index (χ1v) is 8.61. The highest BCUT2D eigenvalue weighted by Crippen LogP contribution is 2.17. The summed E-state index contributed by atoms with van der Waals surface area (Å²) < 4.78 is 0. The minimum absolute atomic E-state index is 0.115. The van der Waals surface area contributed by atoms with Crippen molar-refractivity contribution in [2.45, 2.75) is 25.8 Å². The molecule has 0 atom stereocenters. The number of nitrogens with one attached hydrogen (secondary N) is 2. The van der Waals surface area contributed by atoms with Crippen molar-refractivity contribution in [2.75, 3.05) is 39.8 Å². The first kappa shape index (κ1) is 16.9. The van der Waals surface area contributed by atoms with Gasteiger partial charge in [0, 0.05) is 43.6 Å². The predicted octanol–water partition coefficient (Wildman–Crippen LogP) is 1.71. The second-order valence-electron chi connectivity index (χ2n) is 7.35. The number of carbonyl (C=O) groups is 1. The third kappa shape index (κ3) is 3.94. The molecule has 0 radical (unpaired) electrons. The van der Waals surface area contributed by atoms with Crippen LogP contribution in [0, 0.1) is 0 Å². The Balaban J connectivity index is 1.58. The van der Waals surface area contributed by atoms with Crippen LogP contribution in [-0.4, -0.2) is 71.2 Å². The zero-order chi connectivity index (χ0) is 17.2. The lowest BCUT2D eigenvalue weighted by atomic mass is 9.99. The molecule has 130 valence electrons. The van der Waals surface area contributed by atoms with Gasteiger partial charge in [-0.05, 0) is 33.4 Å². The zero-order valence-corrected chi connectivity index (χ0v) is 14.8. The number of aromatic nitrogens is 2. The molecule has 1 aromatic heterocycles. The SMILES string of the molecule is CN1CCN(CCC(C)(C)NC(=O)c2n[nH]c3ccccc23)CC1. The molecule has 6 nitrogen and oxygen atoms in total. The van der Waals surface area contributed by atoms with E-state index in [9.17, 15) is 4.79 Å². The molecule has 2 aromatic rings. The summed E-state index contributed by atoms with van der Waals surface area (Å²) in [6.07, 6.45) is 0.921. The Labute approximate surface area is 143 Å². The number of rotatable bonds is 5. The van der Waals surface area contributed by atoms with Crippen molar-refractivity contribution in [3.63, 3.8) is 0 Å². The third-order valence-corrected chi connectivity index (χ3v) is 4.79. The Morgan fingerprint density at radius 2 is 1.96 bits per heavy atom. The van der Waals surface area contributed by atoms with Crippen LogP contribution in [0.2, 0.25) is 0 Å². The summed E-state index contributed by atoms with van der Waals surface area (Å²) in [6.45, 7) is 9.60. The fourth-order valence-electron chi connectivity index (χ4n) is 3.07. The van der Waals surface area contributed by atoms with Gasteiger partial charge in [-0.15, -0.1) is 0 Å². The fraction of sp³-hybridized carbons (Fsp3) is 0.556. The van der Waals surface area contributed by atoms with Gasteiger partial charge in [0.2, 0.25) is 0 Å². The molecule has 0 bridgehead atoms. The Bertz CT molecular complexity index is 700. The number of benzene rings is 1. The minimum Gasteiger partial charge on any atom is -0.346 e. The molecule has 1 aliphatic heterocycles. The average molecular weight is 329 g/mol. The lowest BCUT2D eigenvalue weighted by Crippen LogP contribution is -2.49. The van der Waals surface area contributed by atoms with E-state index in [1.807, 2.05) is 24.3 Å². The van der Waals surface area contributed by atoms with E-state index in [0.717, 1.165) is 50.0 Å². The lowest BCUT2D eigenvalue weighted by molar-refractivity contribution is 0.0890. The largest absolute Gasteiger partial charge is 0.346 e. The van der Waals surface area contributed by atoms with E-state index in [2.05, 4.69) is 46.2 Å². The standard InChI is InChI=1S/C18H27N5O/c1-18(2,8-9-23-12-10-22(3)11-13-23)19-17(24)16-14-6-4-5-7-15(14)20-21-16/h4-7H,8-13H2,1-3H3,(H,19,24)(H,20,21). The van der Waals surface area contributed by atoms with E-state index in [1.165, 1.54) is 0 Å². The average Bonchev–Trinajstić information content (AvgIpc) is 2.98. The summed E-state index contributed by atoms with van der Waals surface area (Å²) in [5.74, 6) is -0.115. The number of amides is 1. The summed E-state index contributed by atoms with van der Waals surface area (Å²) in [7, 11) is 2.16. The fourth-order valence-corrected chi connectivity index (χ4v) is 3.07. The van der Waals surface area contributed by atoms with Crippen molar-refractivity contribution in [1.29, 1.82) is 0 Å². The number of H-pyrrole nitrogens is 1. The van der Waals surface area contributed by atoms with Crippen LogP contribution in [0.3, 0.4) is 0 Å². The smallest absolute Gasteiger partial charge is 0.272 e. The van der Waals surface area contributed by atoms with Gasteiger partial charge in [-0.1, -0.05) is 18.2 Å². The maximum atomic E-state index is 12.6. The zero-order valence-electron chi connectivity index (χ0n) is 14.8. The van der Waals surface area contributed by atoms with Gasteiger partial charge in [-0.25, -0.2) is 0 Å². The molecule has 1 fully saturated rings. The first-order chi connectivity index (χ1) is 11.4. The quantitative estimate of drug-likeness (QED) is 0.876. The molecular formula is C18H27N5O. The predicted molar refractivity (Wildman–Crippen MR) is 96.2 cm³/mol. The molecule has 6 heteroatoms. The van der Waals surface area contributed by atoms with Crippen LogP contribution in [0.25, 0.3) is 10.9 Å². The Morgan fingerprint density at radius 1 is 1.25 bits per heavy atom. The first-order valence-electron chi connectivity index (χ1n) is 8.61. The number of para-hydroxylation sites is 1. The van der Waals surface area contributed by atoms with Gasteiger partial charge in [0.1, 0.15) is 0 Å². The second kappa shape index (κ2) is 6.91. The van der Waals surface area contributed by atoms with Crippen LogP contribution in [-0.2, 0) is 0 Å². The summed E-state index contributed by atoms with van der Waals surface area (Å²) in [4.78, 5) is 17.4. The molecule has 1 saturated heterocycles. The highest BCUT2D eigenvalue weighted by Gasteiger charge is 2.25. The van der Waals surface area contributed by atoms with Gasteiger partial charge in [0.25, 0.3) is 5.91 Å². The number of carbonyl (C=O) groups excluding carboxylic acids is 1. The number of piperazine rings is 1. The van der Waals surface area contributed by atoms with E-state index in [0.29, 0.717) is 5.69 Å². The van der Waals surface area contributed by atoms with Crippen molar-refractivity contribution >= 4 is 16.8 Å². The van der Waals surface area contributed by atoms with Crippen molar-refractivity contribution in [3.05, 3.63) is 30.0 Å². The lowest BCUT2D eigenvalue weighted by Gasteiger charge is -2.35. The minimum atomic E-state index is -0.263. The van der Waals surface area contributed by atoms with Crippen LogP contribution in [0.5, 0.6) is 0 Å². The normalized spacial score (nSPS) is 17.3. The monoisotopic (exact) mass is 329 g/mol. The summed E-state index contributed by atoms with van der Waals surface area (Å²) in [6, 6.07) is 7.71. The van der Waals surface area contributed by atoms with Gasteiger partial charge in [-0.2, -0.15) is 5.10 Å². The van der Waals surface area contributed by atoms with Crippen molar-refractivity contribution in [3.8, 4) is 0 Å². The molecular weight excluding hydrogens is 302 g/mol. The van der Waals surface area contributed by atoms with Crippen LogP contribution >= 0.6 is 0 Å². The molecule has 0 spiro atoms. The number of hydrogen-bond donors (Lipinski definition) is 2. The maximum Gasteiger partial charge on any atom is 0.272 e. The molecule has 3 rings (SSSR count). The second-order valence-corrected chi connectivity index (χ2v) is 7.35. The highest BCUT2D eigenvalue weighted by atomic mass is 16.2. The van der Waals surface area contributed by atoms with Crippen molar-refractivity contribution < 1.29 is 4.79 Å². The van der Waals surface area contributed by atoms with Crippen molar-refractivity contribution in [2.24, 2.45) is 0 Å². The molecule has 0 saturated carbocycles. The number of fused-ring (bicyclic) bond motifs is 1. The van der Waals surface area contributed by atoms with Gasteiger partial charge in [0.05, 0.1) is 5.52 Å². The van der Waals surface area contributed by atoms with E-state index >= 15 is 0 Å². The van der Waals surface area contributed by atoms with Gasteiger partial charge >= 0.3 is 0 Å². The topological polar surface area (TPSA) is 64.3 Å². The van der Waals surface area contributed by atoms with E-state index < -0.39 is 0 Å². The van der Waals surface area contributed by atoms with Crippen LogP contribution in [0.15, 0.2) is 24.3 Å². The van der Waals surface area contributed by atoms with Gasteiger partial charge in [-0.3, -0.25) is 9.89 Å². The Kier molecular flexibility index (Phi) is 4.87. The molecule has 2 N–H and O–H groups in total. The molecule has 2 heterocycles. The molecule has 0 unspecified atom stereocenters. The number of aromatic amines is 1.